The van der Waals surface area contributed by atoms with Gasteiger partial charge >= 0.3 is 5.91 Å². The molecule has 11 nitrogen and oxygen atoms in total. The molecule has 0 saturated heterocycles. The van der Waals surface area contributed by atoms with Crippen molar-refractivity contribution in [3.05, 3.63) is 10.8 Å². The van der Waals surface area contributed by atoms with Gasteiger partial charge in [0.05, 0.1) is 0 Å². The van der Waals surface area contributed by atoms with Crippen LogP contribution < -0.4 is 26.0 Å². The van der Waals surface area contributed by atoms with E-state index in [2.05, 4.69) is 30.4 Å². The Hall–Kier alpha value is -2.02. The number of hydrogen-bond acceptors (Lipinski definition) is 7. The molecular formula is C11H19ClN8O3S. The van der Waals surface area contributed by atoms with Crippen molar-refractivity contribution in [3.63, 3.8) is 0 Å². The van der Waals surface area contributed by atoms with Gasteiger partial charge in [-0.3, -0.25) is 10.2 Å². The summed E-state index contributed by atoms with van der Waals surface area (Å²) in [6.07, 6.45) is 0.840. The predicted octanol–water partition coefficient (Wildman–Crippen LogP) is -0.350. The second-order valence-corrected chi connectivity index (χ2v) is 6.56. The van der Waals surface area contributed by atoms with E-state index in [1.165, 1.54) is 0 Å². The summed E-state index contributed by atoms with van der Waals surface area (Å²) in [6.45, 7) is 5.56. The Kier molecular flexibility index (Phi) is 7.28. The summed E-state index contributed by atoms with van der Waals surface area (Å²) in [6, 6.07) is 0.0460. The molecule has 0 aliphatic carbocycles. The number of anilines is 2. The maximum atomic E-state index is 11.9. The number of amides is 1. The molecule has 0 aromatic carbocycles. The van der Waals surface area contributed by atoms with Gasteiger partial charge in [0, 0.05) is 12.6 Å². The minimum Gasteiger partial charge on any atom is -0.382 e. The molecule has 1 aromatic heterocycles. The highest BCUT2D eigenvalue weighted by Gasteiger charge is 2.16. The number of hydrazine groups is 1. The normalized spacial score (nSPS) is 11.9. The van der Waals surface area contributed by atoms with Crippen molar-refractivity contribution in [2.24, 2.45) is 4.99 Å². The third-order valence-corrected chi connectivity index (χ3v) is 3.60. The van der Waals surface area contributed by atoms with Gasteiger partial charge in [-0.1, -0.05) is 18.5 Å². The number of aliphatic imine (C=N–C) groups is 1. The molecule has 1 rings (SSSR count). The summed E-state index contributed by atoms with van der Waals surface area (Å²) in [7, 11) is -3.72. The molecule has 13 heteroatoms. The fourth-order valence-corrected chi connectivity index (χ4v) is 2.27. The van der Waals surface area contributed by atoms with Gasteiger partial charge in [0.15, 0.2) is 22.5 Å². The zero-order valence-electron chi connectivity index (χ0n) is 13.3. The smallest absolute Gasteiger partial charge is 0.300 e. The minimum atomic E-state index is -3.72. The van der Waals surface area contributed by atoms with E-state index in [1.807, 2.05) is 18.7 Å². The molecule has 1 heterocycles. The highest BCUT2D eigenvalue weighted by atomic mass is 35.5. The minimum absolute atomic E-state index is 0.0303. The fraction of sp³-hybridized carbons (Fsp3) is 0.455. The van der Waals surface area contributed by atoms with Crippen LogP contribution in [0.3, 0.4) is 0 Å². The summed E-state index contributed by atoms with van der Waals surface area (Å²) in [5.41, 5.74) is 7.56. The Morgan fingerprint density at radius 3 is 2.67 bits per heavy atom. The highest BCUT2D eigenvalue weighted by Crippen LogP contribution is 2.21. The molecular weight excluding hydrogens is 360 g/mol. The van der Waals surface area contributed by atoms with E-state index >= 15 is 0 Å². The third kappa shape index (κ3) is 6.23. The molecule has 0 aliphatic rings. The first-order chi connectivity index (χ1) is 11.2. The lowest BCUT2D eigenvalue weighted by Crippen LogP contribution is -2.44. The Morgan fingerprint density at radius 1 is 1.42 bits per heavy atom. The summed E-state index contributed by atoms with van der Waals surface area (Å²) < 4.78 is 24.7. The number of nitrogens with zero attached hydrogens (tertiary/aromatic N) is 3. The summed E-state index contributed by atoms with van der Waals surface area (Å²) in [4.78, 5) is 25.1. The van der Waals surface area contributed by atoms with Crippen molar-refractivity contribution in [2.45, 2.75) is 26.8 Å². The molecule has 0 unspecified atom stereocenters. The molecule has 1 aromatic rings. The van der Waals surface area contributed by atoms with Gasteiger partial charge in [-0.2, -0.15) is 13.4 Å². The van der Waals surface area contributed by atoms with E-state index in [0.717, 1.165) is 6.34 Å². The van der Waals surface area contributed by atoms with Gasteiger partial charge in [-0.15, -0.1) is 4.83 Å². The summed E-state index contributed by atoms with van der Waals surface area (Å²) >= 11 is 5.93. The van der Waals surface area contributed by atoms with Crippen molar-refractivity contribution in [3.8, 4) is 0 Å². The Balaban J connectivity index is 2.78. The largest absolute Gasteiger partial charge is 0.382 e. The maximum absolute atomic E-state index is 11.9. The summed E-state index contributed by atoms with van der Waals surface area (Å²) in [5.74, 6) is -0.743. The molecule has 0 bridgehead atoms. The van der Waals surface area contributed by atoms with Crippen molar-refractivity contribution < 1.29 is 13.2 Å². The molecule has 0 atom stereocenters. The Labute approximate surface area is 144 Å². The lowest BCUT2D eigenvalue weighted by molar-refractivity contribution is 0.0999. The van der Waals surface area contributed by atoms with Crippen LogP contribution in [-0.2, 0) is 10.2 Å². The van der Waals surface area contributed by atoms with E-state index in [1.54, 1.807) is 6.92 Å². The first kappa shape index (κ1) is 20.0. The van der Waals surface area contributed by atoms with Gasteiger partial charge < -0.3 is 11.1 Å². The number of hydrogen-bond donors (Lipinski definition) is 5. The Morgan fingerprint density at radius 2 is 2.08 bits per heavy atom. The first-order valence-electron chi connectivity index (χ1n) is 6.84. The average molecular weight is 379 g/mol. The topological polar surface area (TPSA) is 163 Å². The first-order valence-corrected chi connectivity index (χ1v) is 8.70. The molecule has 6 N–H and O–H groups in total. The van der Waals surface area contributed by atoms with Crippen molar-refractivity contribution in [1.29, 1.82) is 0 Å². The zero-order valence-corrected chi connectivity index (χ0v) is 14.9. The van der Waals surface area contributed by atoms with E-state index in [-0.39, 0.29) is 35.1 Å². The van der Waals surface area contributed by atoms with Gasteiger partial charge in [0.2, 0.25) is 0 Å². The predicted molar refractivity (Wildman–Crippen MR) is 91.9 cm³/mol. The van der Waals surface area contributed by atoms with Crippen molar-refractivity contribution in [1.82, 2.24) is 24.9 Å². The second-order valence-electron chi connectivity index (χ2n) is 4.71. The fourth-order valence-electron chi connectivity index (χ4n) is 1.43. The van der Waals surface area contributed by atoms with Gasteiger partial charge in [-0.25, -0.2) is 14.7 Å². The van der Waals surface area contributed by atoms with Gasteiger partial charge in [0.1, 0.15) is 6.34 Å². The van der Waals surface area contributed by atoms with Crippen LogP contribution in [0.1, 0.15) is 31.3 Å². The number of rotatable bonds is 8. The van der Waals surface area contributed by atoms with E-state index in [4.69, 9.17) is 17.3 Å². The standard InChI is InChI=1S/C11H19ClN8O3S/c1-4-16-24(22,23)20-15-5-14-11(21)7-9(13)19-10(8(12)18-7)17-6(2)3/h5-6,16,20H,4H2,1-3H3,(H3,13,17,19)(H,14,15,21). The maximum Gasteiger partial charge on any atom is 0.300 e. The second kappa shape index (κ2) is 8.73. The van der Waals surface area contributed by atoms with E-state index in [0.29, 0.717) is 0 Å². The van der Waals surface area contributed by atoms with Crippen LogP contribution in [0, 0.1) is 0 Å². The van der Waals surface area contributed by atoms with Crippen LogP contribution in [0.4, 0.5) is 11.6 Å². The number of nitrogens with two attached hydrogens (primary N) is 1. The molecule has 0 fully saturated rings. The lowest BCUT2D eigenvalue weighted by Gasteiger charge is -2.11. The van der Waals surface area contributed by atoms with E-state index < -0.39 is 16.1 Å². The third-order valence-electron chi connectivity index (χ3n) is 2.28. The number of nitrogens with one attached hydrogen (secondary N) is 4. The number of carbonyl (C=O) groups is 1. The quantitative estimate of drug-likeness (QED) is 0.233. The average Bonchev–Trinajstić information content (AvgIpc) is 2.46. The van der Waals surface area contributed by atoms with Crippen molar-refractivity contribution >= 4 is 45.7 Å². The van der Waals surface area contributed by atoms with Crippen LogP contribution in [0.5, 0.6) is 0 Å². The summed E-state index contributed by atoms with van der Waals surface area (Å²) in [5, 5.41) is 2.90. The number of aromatic nitrogens is 2. The van der Waals surface area contributed by atoms with Crippen molar-refractivity contribution in [2.75, 3.05) is 17.6 Å². The van der Waals surface area contributed by atoms with Crippen LogP contribution >= 0.6 is 11.6 Å². The van der Waals surface area contributed by atoms with Crippen LogP contribution in [0.15, 0.2) is 4.99 Å². The van der Waals surface area contributed by atoms with Crippen LogP contribution in [0.2, 0.25) is 5.15 Å². The molecule has 24 heavy (non-hydrogen) atoms. The van der Waals surface area contributed by atoms with E-state index in [9.17, 15) is 13.2 Å². The Bertz CT molecular complexity index is 722. The molecule has 0 aliphatic heterocycles. The lowest BCUT2D eigenvalue weighted by atomic mass is 10.3. The number of carbonyl (C=O) groups excluding carboxylic acids is 1. The SMILES string of the molecule is CCNS(=O)(=O)NNC=NC(=O)c1nc(Cl)c(NC(C)C)nc1N. The van der Waals surface area contributed by atoms with Gasteiger partial charge in [0.25, 0.3) is 10.2 Å². The number of nitrogen functional groups attached to an aromatic ring is 1. The van der Waals surface area contributed by atoms with Crippen LogP contribution in [-0.4, -0.2) is 43.2 Å². The molecule has 0 radical (unpaired) electrons. The molecule has 0 spiro atoms. The molecule has 0 saturated carbocycles. The molecule has 134 valence electrons. The number of halogens is 1. The monoisotopic (exact) mass is 378 g/mol. The highest BCUT2D eigenvalue weighted by molar-refractivity contribution is 7.87. The van der Waals surface area contributed by atoms with Gasteiger partial charge in [-0.05, 0) is 13.8 Å². The van der Waals surface area contributed by atoms with Crippen LogP contribution in [0.25, 0.3) is 0 Å². The molecule has 1 amide bonds. The zero-order chi connectivity index (χ0) is 18.3.